The number of nitrogens with two attached hydrogens (primary N) is 1. The lowest BCUT2D eigenvalue weighted by atomic mass is 10.0. The first-order chi connectivity index (χ1) is 10.7. The SMILES string of the molecule is CCCCCCCCCCCCCCCC(O)NCC(N)O. The first kappa shape index (κ1) is 21.8. The molecule has 0 amide bonds. The number of aliphatic hydroxyl groups excluding tert-OH is 2. The van der Waals surface area contributed by atoms with E-state index in [2.05, 4.69) is 12.2 Å². The molecule has 22 heavy (non-hydrogen) atoms. The predicted molar refractivity (Wildman–Crippen MR) is 94.5 cm³/mol. The minimum absolute atomic E-state index is 0.250. The molecule has 2 unspecified atom stereocenters. The summed E-state index contributed by atoms with van der Waals surface area (Å²) in [5.41, 5.74) is 5.20. The third-order valence-electron chi connectivity index (χ3n) is 4.14. The van der Waals surface area contributed by atoms with Crippen molar-refractivity contribution in [2.24, 2.45) is 5.73 Å². The molecule has 0 heterocycles. The largest absolute Gasteiger partial charge is 0.379 e. The second-order valence-electron chi connectivity index (χ2n) is 6.52. The molecule has 5 N–H and O–H groups in total. The van der Waals surface area contributed by atoms with Crippen molar-refractivity contribution in [1.29, 1.82) is 0 Å². The van der Waals surface area contributed by atoms with Gasteiger partial charge in [0.15, 0.2) is 0 Å². The monoisotopic (exact) mass is 316 g/mol. The van der Waals surface area contributed by atoms with Gasteiger partial charge in [0.05, 0.1) is 0 Å². The molecule has 0 radical (unpaired) electrons. The lowest BCUT2D eigenvalue weighted by molar-refractivity contribution is 0.0957. The average Bonchev–Trinajstić information content (AvgIpc) is 2.49. The highest BCUT2D eigenvalue weighted by Crippen LogP contribution is 2.13. The van der Waals surface area contributed by atoms with Gasteiger partial charge in [0.1, 0.15) is 12.5 Å². The summed E-state index contributed by atoms with van der Waals surface area (Å²) in [5.74, 6) is 0. The second-order valence-corrected chi connectivity index (χ2v) is 6.52. The van der Waals surface area contributed by atoms with E-state index in [1.807, 2.05) is 0 Å². The standard InChI is InChI=1S/C18H40N2O2/c1-2-3-4-5-6-7-8-9-10-11-12-13-14-15-18(22)20-16-17(19)21/h17-18,20-22H,2-16,19H2,1H3. The zero-order chi connectivity index (χ0) is 16.5. The van der Waals surface area contributed by atoms with Crippen LogP contribution < -0.4 is 11.1 Å². The summed E-state index contributed by atoms with van der Waals surface area (Å²) in [6.07, 6.45) is 16.7. The van der Waals surface area contributed by atoms with Gasteiger partial charge in [-0.3, -0.25) is 5.32 Å². The van der Waals surface area contributed by atoms with Crippen LogP contribution in [0.2, 0.25) is 0 Å². The van der Waals surface area contributed by atoms with Crippen LogP contribution in [0.25, 0.3) is 0 Å². The van der Waals surface area contributed by atoms with E-state index in [1.165, 1.54) is 77.0 Å². The predicted octanol–water partition coefficient (Wildman–Crippen LogP) is 3.65. The number of hydrogen-bond donors (Lipinski definition) is 4. The normalized spacial score (nSPS) is 14.2. The molecule has 0 aromatic rings. The second kappa shape index (κ2) is 17.2. The molecule has 0 bridgehead atoms. The molecule has 0 aliphatic heterocycles. The van der Waals surface area contributed by atoms with E-state index < -0.39 is 12.5 Å². The van der Waals surface area contributed by atoms with Crippen molar-refractivity contribution in [2.75, 3.05) is 6.54 Å². The highest BCUT2D eigenvalue weighted by Gasteiger charge is 2.04. The number of rotatable bonds is 17. The van der Waals surface area contributed by atoms with Gasteiger partial charge in [0, 0.05) is 6.54 Å². The van der Waals surface area contributed by atoms with Crippen molar-refractivity contribution in [3.05, 3.63) is 0 Å². The molecule has 0 rings (SSSR count). The van der Waals surface area contributed by atoms with Crippen LogP contribution in [0.1, 0.15) is 96.8 Å². The highest BCUT2D eigenvalue weighted by atomic mass is 16.3. The van der Waals surface area contributed by atoms with Crippen LogP contribution in [-0.2, 0) is 0 Å². The Morgan fingerprint density at radius 2 is 1.14 bits per heavy atom. The van der Waals surface area contributed by atoms with Gasteiger partial charge in [-0.2, -0.15) is 0 Å². The zero-order valence-corrected chi connectivity index (χ0v) is 14.7. The summed E-state index contributed by atoms with van der Waals surface area (Å²) in [5, 5.41) is 21.3. The van der Waals surface area contributed by atoms with Gasteiger partial charge >= 0.3 is 0 Å². The third-order valence-corrected chi connectivity index (χ3v) is 4.14. The molecule has 0 aromatic heterocycles. The van der Waals surface area contributed by atoms with Gasteiger partial charge in [-0.05, 0) is 12.8 Å². The topological polar surface area (TPSA) is 78.5 Å². The average molecular weight is 317 g/mol. The number of hydrogen-bond acceptors (Lipinski definition) is 4. The minimum atomic E-state index is -0.888. The fourth-order valence-electron chi connectivity index (χ4n) is 2.71. The van der Waals surface area contributed by atoms with E-state index in [9.17, 15) is 5.11 Å². The molecule has 134 valence electrons. The summed E-state index contributed by atoms with van der Waals surface area (Å²) in [4.78, 5) is 0. The lowest BCUT2D eigenvalue weighted by Gasteiger charge is -2.13. The maximum absolute atomic E-state index is 9.60. The summed E-state index contributed by atoms with van der Waals surface area (Å²) >= 11 is 0. The molecular formula is C18H40N2O2. The van der Waals surface area contributed by atoms with E-state index in [-0.39, 0.29) is 6.54 Å². The van der Waals surface area contributed by atoms with Crippen molar-refractivity contribution in [3.8, 4) is 0 Å². The number of unbranched alkanes of at least 4 members (excludes halogenated alkanes) is 12. The van der Waals surface area contributed by atoms with Gasteiger partial charge in [-0.25, -0.2) is 0 Å². The quantitative estimate of drug-likeness (QED) is 0.244. The molecule has 0 spiro atoms. The Labute approximate surface area is 137 Å². The summed E-state index contributed by atoms with van der Waals surface area (Å²) < 4.78 is 0. The van der Waals surface area contributed by atoms with E-state index in [0.717, 1.165) is 12.8 Å². The van der Waals surface area contributed by atoms with Crippen molar-refractivity contribution >= 4 is 0 Å². The number of nitrogens with one attached hydrogen (secondary N) is 1. The van der Waals surface area contributed by atoms with Crippen LogP contribution in [-0.4, -0.2) is 29.2 Å². The van der Waals surface area contributed by atoms with E-state index in [4.69, 9.17) is 10.8 Å². The van der Waals surface area contributed by atoms with E-state index in [0.29, 0.717) is 0 Å². The maximum atomic E-state index is 9.60. The van der Waals surface area contributed by atoms with Crippen molar-refractivity contribution in [2.45, 2.75) is 109 Å². The Balaban J connectivity index is 3.08. The lowest BCUT2D eigenvalue weighted by Crippen LogP contribution is -2.39. The molecule has 0 fully saturated rings. The highest BCUT2D eigenvalue weighted by molar-refractivity contribution is 4.57. The Morgan fingerprint density at radius 1 is 0.727 bits per heavy atom. The maximum Gasteiger partial charge on any atom is 0.115 e. The molecule has 0 saturated carbocycles. The molecule has 0 aliphatic rings. The molecule has 0 saturated heterocycles. The van der Waals surface area contributed by atoms with Gasteiger partial charge in [0.2, 0.25) is 0 Å². The van der Waals surface area contributed by atoms with Crippen LogP contribution >= 0.6 is 0 Å². The van der Waals surface area contributed by atoms with Crippen LogP contribution in [0.3, 0.4) is 0 Å². The fourth-order valence-corrected chi connectivity index (χ4v) is 2.71. The fraction of sp³-hybridized carbons (Fsp3) is 1.00. The van der Waals surface area contributed by atoms with Crippen molar-refractivity contribution in [3.63, 3.8) is 0 Å². The van der Waals surface area contributed by atoms with Gasteiger partial charge in [-0.15, -0.1) is 0 Å². The molecular weight excluding hydrogens is 276 g/mol. The first-order valence-corrected chi connectivity index (χ1v) is 9.52. The molecule has 4 nitrogen and oxygen atoms in total. The Bertz CT molecular complexity index is 213. The first-order valence-electron chi connectivity index (χ1n) is 9.52. The Morgan fingerprint density at radius 3 is 1.55 bits per heavy atom. The van der Waals surface area contributed by atoms with Gasteiger partial charge in [0.25, 0.3) is 0 Å². The third kappa shape index (κ3) is 17.9. The molecule has 0 aromatic carbocycles. The summed E-state index contributed by atoms with van der Waals surface area (Å²) in [6.45, 7) is 2.52. The van der Waals surface area contributed by atoms with Gasteiger partial charge in [-0.1, -0.05) is 84.0 Å². The smallest absolute Gasteiger partial charge is 0.115 e. The molecule has 0 aliphatic carbocycles. The van der Waals surface area contributed by atoms with Gasteiger partial charge < -0.3 is 15.9 Å². The van der Waals surface area contributed by atoms with Crippen LogP contribution in [0.15, 0.2) is 0 Å². The van der Waals surface area contributed by atoms with E-state index in [1.54, 1.807) is 0 Å². The zero-order valence-electron chi connectivity index (χ0n) is 14.7. The Hall–Kier alpha value is -0.160. The number of aliphatic hydroxyl groups is 2. The summed E-state index contributed by atoms with van der Waals surface area (Å²) in [7, 11) is 0. The van der Waals surface area contributed by atoms with Crippen molar-refractivity contribution < 1.29 is 10.2 Å². The minimum Gasteiger partial charge on any atom is -0.379 e. The van der Waals surface area contributed by atoms with E-state index >= 15 is 0 Å². The van der Waals surface area contributed by atoms with Crippen LogP contribution in [0.5, 0.6) is 0 Å². The molecule has 4 heteroatoms. The summed E-state index contributed by atoms with van der Waals surface area (Å²) in [6, 6.07) is 0. The van der Waals surface area contributed by atoms with Crippen molar-refractivity contribution in [1.82, 2.24) is 5.32 Å². The molecule has 2 atom stereocenters. The Kier molecular flexibility index (Phi) is 17.1. The van der Waals surface area contributed by atoms with Crippen LogP contribution in [0.4, 0.5) is 0 Å². The van der Waals surface area contributed by atoms with Crippen LogP contribution in [0, 0.1) is 0 Å².